The Morgan fingerprint density at radius 1 is 1.64 bits per heavy atom. The van der Waals surface area contributed by atoms with Crippen LogP contribution in [0.5, 0.6) is 5.75 Å². The molecule has 1 rings (SSSR count). The summed E-state index contributed by atoms with van der Waals surface area (Å²) in [5, 5.41) is 0.137. The summed E-state index contributed by atoms with van der Waals surface area (Å²) in [4.78, 5) is 24.0. The first-order valence-electron chi connectivity index (χ1n) is 3.86. The van der Waals surface area contributed by atoms with E-state index in [1.807, 2.05) is 0 Å². The fourth-order valence-corrected chi connectivity index (χ4v) is 0.898. The van der Waals surface area contributed by atoms with Crippen molar-refractivity contribution >= 4 is 17.8 Å². The minimum atomic E-state index is -0.889. The average Bonchev–Trinajstić information content (AvgIpc) is 2.12. The van der Waals surface area contributed by atoms with Gasteiger partial charge in [0.25, 0.3) is 5.56 Å². The number of carbonyl (C=O) groups is 1. The van der Waals surface area contributed by atoms with Crippen molar-refractivity contribution in [3.05, 3.63) is 27.6 Å². The molecule has 0 spiro atoms. The van der Waals surface area contributed by atoms with Gasteiger partial charge in [0.2, 0.25) is 0 Å². The summed E-state index contributed by atoms with van der Waals surface area (Å²) in [6.45, 7) is 1.83. The van der Waals surface area contributed by atoms with Crippen LogP contribution >= 0.6 is 11.6 Å². The van der Waals surface area contributed by atoms with Gasteiger partial charge in [-0.05, 0) is 6.92 Å². The first kappa shape index (κ1) is 10.6. The van der Waals surface area contributed by atoms with Crippen molar-refractivity contribution in [2.24, 2.45) is 0 Å². The summed E-state index contributed by atoms with van der Waals surface area (Å²) in [6, 6.07) is 1.07. The molecule has 6 heteroatoms. The highest BCUT2D eigenvalue weighted by atomic mass is 35.5. The van der Waals surface area contributed by atoms with Gasteiger partial charge in [0.15, 0.2) is 5.75 Å². The molecule has 0 aromatic carbocycles. The Labute approximate surface area is 84.6 Å². The molecular weight excluding hydrogens is 210 g/mol. The molecule has 0 saturated heterocycles. The highest BCUT2D eigenvalue weighted by molar-refractivity contribution is 6.31. The highest BCUT2D eigenvalue weighted by Crippen LogP contribution is 2.20. The van der Waals surface area contributed by atoms with Gasteiger partial charge in [-0.25, -0.2) is 4.79 Å². The van der Waals surface area contributed by atoms with Gasteiger partial charge in [0.05, 0.1) is 11.6 Å². The Kier molecular flexibility index (Phi) is 3.53. The van der Waals surface area contributed by atoms with E-state index in [0.717, 1.165) is 6.07 Å². The number of hydrogen-bond donors (Lipinski definition) is 1. The molecule has 1 aromatic rings. The van der Waals surface area contributed by atoms with Crippen molar-refractivity contribution in [1.82, 2.24) is 4.98 Å². The van der Waals surface area contributed by atoms with E-state index < -0.39 is 11.7 Å². The molecule has 0 aliphatic rings. The SMILES string of the molecule is CCOC(=O)Oc1cc(=O)[nH]cc1Cl. The zero-order valence-electron chi connectivity index (χ0n) is 7.37. The van der Waals surface area contributed by atoms with Gasteiger partial charge in [-0.2, -0.15) is 0 Å². The largest absolute Gasteiger partial charge is 0.513 e. The number of nitrogens with one attached hydrogen (secondary N) is 1. The maximum Gasteiger partial charge on any atom is 0.513 e. The van der Waals surface area contributed by atoms with Crippen molar-refractivity contribution < 1.29 is 14.3 Å². The second-order valence-electron chi connectivity index (χ2n) is 2.29. The summed E-state index contributed by atoms with van der Waals surface area (Å²) in [5.74, 6) is -0.0196. The Morgan fingerprint density at radius 2 is 2.36 bits per heavy atom. The molecule has 1 aromatic heterocycles. The van der Waals surface area contributed by atoms with E-state index in [4.69, 9.17) is 11.6 Å². The summed E-state index contributed by atoms with van der Waals surface area (Å²) < 4.78 is 9.16. The number of carbonyl (C=O) groups excluding carboxylic acids is 1. The third-order valence-corrected chi connectivity index (χ3v) is 1.59. The van der Waals surface area contributed by atoms with Gasteiger partial charge in [-0.1, -0.05) is 11.6 Å². The van der Waals surface area contributed by atoms with Crippen molar-refractivity contribution in [3.8, 4) is 5.75 Å². The summed E-state index contributed by atoms with van der Waals surface area (Å²) in [6.07, 6.45) is 0.346. The van der Waals surface area contributed by atoms with Crippen LogP contribution in [0.15, 0.2) is 17.1 Å². The van der Waals surface area contributed by atoms with Crippen LogP contribution in [0, 0.1) is 0 Å². The molecule has 14 heavy (non-hydrogen) atoms. The molecule has 5 nitrogen and oxygen atoms in total. The molecular formula is C8H8ClNO4. The van der Waals surface area contributed by atoms with Crippen molar-refractivity contribution in [2.45, 2.75) is 6.92 Å². The monoisotopic (exact) mass is 217 g/mol. The van der Waals surface area contributed by atoms with Crippen LogP contribution in [0.4, 0.5) is 4.79 Å². The van der Waals surface area contributed by atoms with Crippen LogP contribution < -0.4 is 10.3 Å². The molecule has 0 aliphatic heterocycles. The van der Waals surface area contributed by atoms with E-state index in [1.54, 1.807) is 6.92 Å². The van der Waals surface area contributed by atoms with Gasteiger partial charge in [0, 0.05) is 12.3 Å². The van der Waals surface area contributed by atoms with Crippen molar-refractivity contribution in [3.63, 3.8) is 0 Å². The lowest BCUT2D eigenvalue weighted by Gasteiger charge is -2.04. The third kappa shape index (κ3) is 2.77. The van der Waals surface area contributed by atoms with Crippen LogP contribution in [-0.4, -0.2) is 17.7 Å². The molecule has 76 valence electrons. The van der Waals surface area contributed by atoms with Crippen LogP contribution in [0.25, 0.3) is 0 Å². The first-order valence-corrected chi connectivity index (χ1v) is 4.24. The molecule has 0 aliphatic carbocycles. The molecule has 1 N–H and O–H groups in total. The maximum absolute atomic E-state index is 10.9. The molecule has 0 atom stereocenters. The van der Waals surface area contributed by atoms with E-state index in [1.165, 1.54) is 6.20 Å². The topological polar surface area (TPSA) is 68.4 Å². The second kappa shape index (κ2) is 4.66. The van der Waals surface area contributed by atoms with Crippen molar-refractivity contribution in [1.29, 1.82) is 0 Å². The summed E-state index contributed by atoms with van der Waals surface area (Å²) >= 11 is 5.64. The van der Waals surface area contributed by atoms with Crippen LogP contribution in [0.1, 0.15) is 6.92 Å². The zero-order chi connectivity index (χ0) is 10.6. The molecule has 0 fully saturated rings. The Bertz CT molecular complexity index is 387. The number of rotatable bonds is 2. The highest BCUT2D eigenvalue weighted by Gasteiger charge is 2.08. The summed E-state index contributed by atoms with van der Waals surface area (Å²) in [7, 11) is 0. The Balaban J connectivity index is 2.80. The summed E-state index contributed by atoms with van der Waals surface area (Å²) in [5.41, 5.74) is -0.409. The molecule has 0 bridgehead atoms. The lowest BCUT2D eigenvalue weighted by Crippen LogP contribution is -2.12. The Hall–Kier alpha value is -1.49. The lowest BCUT2D eigenvalue weighted by atomic mass is 10.4. The number of H-pyrrole nitrogens is 1. The Morgan fingerprint density at radius 3 is 3.00 bits per heavy atom. The molecule has 0 radical (unpaired) electrons. The fourth-order valence-electron chi connectivity index (χ4n) is 0.751. The van der Waals surface area contributed by atoms with Gasteiger partial charge in [0.1, 0.15) is 0 Å². The first-order chi connectivity index (χ1) is 6.63. The predicted octanol–water partition coefficient (Wildman–Crippen LogP) is 1.56. The quantitative estimate of drug-likeness (QED) is 0.764. The normalized spacial score (nSPS) is 9.57. The molecule has 0 amide bonds. The second-order valence-corrected chi connectivity index (χ2v) is 2.70. The van der Waals surface area contributed by atoms with Crippen molar-refractivity contribution in [2.75, 3.05) is 6.61 Å². The van der Waals surface area contributed by atoms with Crippen LogP contribution in [-0.2, 0) is 4.74 Å². The molecule has 0 unspecified atom stereocenters. The van der Waals surface area contributed by atoms with Gasteiger partial charge >= 0.3 is 6.16 Å². The van der Waals surface area contributed by atoms with Crippen LogP contribution in [0.3, 0.4) is 0 Å². The standard InChI is InChI=1S/C8H8ClNO4/c1-2-13-8(12)14-6-3-7(11)10-4-5(6)9/h3-4H,2H2,1H3,(H,10,11). The minimum Gasteiger partial charge on any atom is -0.434 e. The van der Waals surface area contributed by atoms with E-state index in [0.29, 0.717) is 0 Å². The number of ether oxygens (including phenoxy) is 2. The molecule has 1 heterocycles. The van der Waals surface area contributed by atoms with E-state index in [-0.39, 0.29) is 17.4 Å². The number of aromatic nitrogens is 1. The van der Waals surface area contributed by atoms with Gasteiger partial charge in [-0.3, -0.25) is 4.79 Å². The van der Waals surface area contributed by atoms with Gasteiger partial charge < -0.3 is 14.5 Å². The fraction of sp³-hybridized carbons (Fsp3) is 0.250. The number of hydrogen-bond acceptors (Lipinski definition) is 4. The maximum atomic E-state index is 10.9. The van der Waals surface area contributed by atoms with E-state index in [2.05, 4.69) is 14.5 Å². The van der Waals surface area contributed by atoms with E-state index in [9.17, 15) is 9.59 Å². The van der Waals surface area contributed by atoms with E-state index >= 15 is 0 Å². The number of aromatic amines is 1. The smallest absolute Gasteiger partial charge is 0.434 e. The lowest BCUT2D eigenvalue weighted by molar-refractivity contribution is 0.104. The third-order valence-electron chi connectivity index (χ3n) is 1.29. The number of halogens is 1. The predicted molar refractivity (Wildman–Crippen MR) is 49.7 cm³/mol. The average molecular weight is 218 g/mol. The molecule has 0 saturated carbocycles. The minimum absolute atomic E-state index is 0.0196. The zero-order valence-corrected chi connectivity index (χ0v) is 8.13. The van der Waals surface area contributed by atoms with Crippen LogP contribution in [0.2, 0.25) is 5.02 Å². The number of pyridine rings is 1. The van der Waals surface area contributed by atoms with Gasteiger partial charge in [-0.15, -0.1) is 0 Å².